The molecule has 1 aromatic heterocycles. The number of aromatic nitrogens is 2. The van der Waals surface area contributed by atoms with Crippen LogP contribution in [0.3, 0.4) is 0 Å². The summed E-state index contributed by atoms with van der Waals surface area (Å²) in [5.74, 6) is -0.124. The summed E-state index contributed by atoms with van der Waals surface area (Å²) < 4.78 is 27.5. The Balaban J connectivity index is 1.99. The molecule has 0 radical (unpaired) electrons. The Hall–Kier alpha value is -2.04. The highest BCUT2D eigenvalue weighted by Gasteiger charge is 2.30. The van der Waals surface area contributed by atoms with Gasteiger partial charge in [0.1, 0.15) is 0 Å². The maximum atomic E-state index is 12.7. The Morgan fingerprint density at radius 1 is 1.00 bits per heavy atom. The van der Waals surface area contributed by atoms with Crippen molar-refractivity contribution in [1.82, 2.24) is 10.2 Å². The highest BCUT2D eigenvalue weighted by atomic mass is 35.5. The summed E-state index contributed by atoms with van der Waals surface area (Å²) in [6.07, 6.45) is 0. The minimum atomic E-state index is -4.44. The molecular formula is C15H8Cl4N4O4S. The molecule has 3 aromatic rings. The molecule has 0 aliphatic carbocycles. The van der Waals surface area contributed by atoms with E-state index in [1.54, 1.807) is 12.1 Å². The molecule has 3 rings (SSSR count). The second-order valence-electron chi connectivity index (χ2n) is 5.39. The Morgan fingerprint density at radius 2 is 1.68 bits per heavy atom. The second kappa shape index (κ2) is 7.76. The number of halogens is 4. The fourth-order valence-corrected chi connectivity index (χ4v) is 4.86. The number of nitrogens with zero attached hydrogens (tertiary/aromatic N) is 2. The summed E-state index contributed by atoms with van der Waals surface area (Å²) in [5, 5.41) is 18.0. The largest absolute Gasteiger partial charge is 0.292 e. The first-order chi connectivity index (χ1) is 13.1. The van der Waals surface area contributed by atoms with Crippen LogP contribution in [0.4, 0.5) is 11.5 Å². The van der Waals surface area contributed by atoms with E-state index in [9.17, 15) is 18.5 Å². The van der Waals surface area contributed by atoms with Crippen LogP contribution < -0.4 is 4.72 Å². The molecule has 8 nitrogen and oxygen atoms in total. The normalized spacial score (nSPS) is 11.4. The van der Waals surface area contributed by atoms with E-state index >= 15 is 0 Å². The van der Waals surface area contributed by atoms with Gasteiger partial charge in [-0.05, 0) is 24.3 Å². The predicted octanol–water partition coefficient (Wildman–Crippen LogP) is 5.40. The standard InChI is InChI=1S/C15H8Cl4N4O4S/c16-7-1-2-9(10(18)3-7)12-6-14(21-20-12)22-28(26,27)15-11(19)4-8(17)5-13(15)23(24)25/h1-6H,(H2,20,21,22). The first-order valence-corrected chi connectivity index (χ1v) is 10.2. The molecule has 0 spiro atoms. The summed E-state index contributed by atoms with van der Waals surface area (Å²) in [6, 6.07) is 8.09. The Bertz CT molecular complexity index is 1200. The van der Waals surface area contributed by atoms with Gasteiger partial charge < -0.3 is 0 Å². The summed E-state index contributed by atoms with van der Waals surface area (Å²) >= 11 is 23.6. The van der Waals surface area contributed by atoms with Crippen LogP contribution in [-0.4, -0.2) is 23.5 Å². The van der Waals surface area contributed by atoms with E-state index in [-0.39, 0.29) is 10.8 Å². The van der Waals surface area contributed by atoms with Crippen LogP contribution in [0, 0.1) is 10.1 Å². The van der Waals surface area contributed by atoms with E-state index in [1.807, 2.05) is 0 Å². The fourth-order valence-electron chi connectivity index (χ4n) is 2.36. The number of nitrogens with one attached hydrogen (secondary N) is 2. The number of sulfonamides is 1. The maximum Gasteiger partial charge on any atom is 0.292 e. The molecule has 0 saturated carbocycles. The molecule has 0 aliphatic heterocycles. The molecular weight excluding hydrogens is 474 g/mol. The number of anilines is 1. The molecule has 0 bridgehead atoms. The van der Waals surface area contributed by atoms with Crippen molar-refractivity contribution < 1.29 is 13.3 Å². The lowest BCUT2D eigenvalue weighted by molar-refractivity contribution is -0.387. The highest BCUT2D eigenvalue weighted by molar-refractivity contribution is 7.93. The lowest BCUT2D eigenvalue weighted by atomic mass is 10.1. The second-order valence-corrected chi connectivity index (χ2v) is 8.70. The van der Waals surface area contributed by atoms with E-state index in [0.29, 0.717) is 21.3 Å². The first-order valence-electron chi connectivity index (χ1n) is 7.25. The number of benzene rings is 2. The average Bonchev–Trinajstić information content (AvgIpc) is 3.00. The monoisotopic (exact) mass is 480 g/mol. The minimum absolute atomic E-state index is 0.0740. The molecule has 13 heteroatoms. The van der Waals surface area contributed by atoms with Crippen molar-refractivity contribution in [3.8, 4) is 11.3 Å². The molecule has 28 heavy (non-hydrogen) atoms. The van der Waals surface area contributed by atoms with Crippen molar-refractivity contribution >= 4 is 67.9 Å². The Morgan fingerprint density at radius 3 is 2.32 bits per heavy atom. The third-order valence-electron chi connectivity index (χ3n) is 3.49. The molecule has 0 atom stereocenters. The zero-order valence-electron chi connectivity index (χ0n) is 13.4. The summed E-state index contributed by atoms with van der Waals surface area (Å²) in [5.41, 5.74) is 0.164. The minimum Gasteiger partial charge on any atom is -0.276 e. The third-order valence-corrected chi connectivity index (χ3v) is 6.11. The summed E-state index contributed by atoms with van der Waals surface area (Å²) in [4.78, 5) is 9.61. The van der Waals surface area contributed by atoms with Gasteiger partial charge in [-0.15, -0.1) is 0 Å². The van der Waals surface area contributed by atoms with Gasteiger partial charge in [-0.3, -0.25) is 19.9 Å². The number of nitro benzene ring substituents is 1. The zero-order valence-corrected chi connectivity index (χ0v) is 17.3. The topological polar surface area (TPSA) is 118 Å². The van der Waals surface area contributed by atoms with Gasteiger partial charge in [-0.1, -0.05) is 46.4 Å². The van der Waals surface area contributed by atoms with E-state index in [0.717, 1.165) is 12.1 Å². The molecule has 146 valence electrons. The van der Waals surface area contributed by atoms with Crippen LogP contribution >= 0.6 is 46.4 Å². The van der Waals surface area contributed by atoms with Gasteiger partial charge in [-0.25, -0.2) is 8.42 Å². The van der Waals surface area contributed by atoms with Gasteiger partial charge in [0, 0.05) is 27.7 Å². The smallest absolute Gasteiger partial charge is 0.276 e. The average molecular weight is 482 g/mol. The number of hydrogen-bond acceptors (Lipinski definition) is 5. The molecule has 2 N–H and O–H groups in total. The van der Waals surface area contributed by atoms with Crippen LogP contribution in [0.5, 0.6) is 0 Å². The van der Waals surface area contributed by atoms with Crippen LogP contribution in [0.25, 0.3) is 11.3 Å². The molecule has 0 amide bonds. The number of hydrogen-bond donors (Lipinski definition) is 2. The third kappa shape index (κ3) is 4.18. The Labute approximate surface area is 178 Å². The van der Waals surface area contributed by atoms with Crippen molar-refractivity contribution in [1.29, 1.82) is 0 Å². The van der Waals surface area contributed by atoms with Crippen molar-refractivity contribution in [3.63, 3.8) is 0 Å². The van der Waals surface area contributed by atoms with Crippen LogP contribution in [0.15, 0.2) is 41.3 Å². The van der Waals surface area contributed by atoms with Crippen LogP contribution in [-0.2, 0) is 10.0 Å². The highest BCUT2D eigenvalue weighted by Crippen LogP contribution is 2.36. The lowest BCUT2D eigenvalue weighted by Crippen LogP contribution is -2.15. The molecule has 0 aliphatic rings. The SMILES string of the molecule is O=[N+]([O-])c1cc(Cl)cc(Cl)c1S(=O)(=O)Nc1cc(-c2ccc(Cl)cc2Cl)[nH]n1. The number of H-pyrrole nitrogens is 1. The van der Waals surface area contributed by atoms with Gasteiger partial charge in [0.05, 0.1) is 20.7 Å². The van der Waals surface area contributed by atoms with Crippen molar-refractivity contribution in [2.24, 2.45) is 0 Å². The van der Waals surface area contributed by atoms with E-state index < -0.39 is 30.6 Å². The van der Waals surface area contributed by atoms with Crippen LogP contribution in [0.1, 0.15) is 0 Å². The van der Waals surface area contributed by atoms with Crippen LogP contribution in [0.2, 0.25) is 20.1 Å². The molecule has 0 fully saturated rings. The zero-order chi connectivity index (χ0) is 20.6. The van der Waals surface area contributed by atoms with Gasteiger partial charge in [0.2, 0.25) is 0 Å². The fraction of sp³-hybridized carbons (Fsp3) is 0. The maximum absolute atomic E-state index is 12.7. The Kier molecular flexibility index (Phi) is 5.74. The summed E-state index contributed by atoms with van der Waals surface area (Å²) in [7, 11) is -4.44. The number of aromatic amines is 1. The molecule has 1 heterocycles. The molecule has 0 unspecified atom stereocenters. The number of rotatable bonds is 5. The predicted molar refractivity (Wildman–Crippen MR) is 108 cm³/mol. The first kappa shape index (κ1) is 20.7. The summed E-state index contributed by atoms with van der Waals surface area (Å²) in [6.45, 7) is 0. The van der Waals surface area contributed by atoms with E-state index in [4.69, 9.17) is 46.4 Å². The van der Waals surface area contributed by atoms with Gasteiger partial charge in [-0.2, -0.15) is 5.10 Å². The van der Waals surface area contributed by atoms with E-state index in [1.165, 1.54) is 12.1 Å². The van der Waals surface area contributed by atoms with Gasteiger partial charge in [0.25, 0.3) is 15.7 Å². The quantitative estimate of drug-likeness (QED) is 0.373. The van der Waals surface area contributed by atoms with E-state index in [2.05, 4.69) is 14.9 Å². The van der Waals surface area contributed by atoms with Crippen molar-refractivity contribution in [3.05, 3.63) is 66.6 Å². The van der Waals surface area contributed by atoms with Crippen molar-refractivity contribution in [2.75, 3.05) is 4.72 Å². The number of nitro groups is 1. The molecule has 2 aromatic carbocycles. The van der Waals surface area contributed by atoms with Gasteiger partial charge >= 0.3 is 0 Å². The van der Waals surface area contributed by atoms with Crippen molar-refractivity contribution in [2.45, 2.75) is 4.90 Å². The van der Waals surface area contributed by atoms with Gasteiger partial charge in [0.15, 0.2) is 10.7 Å². The lowest BCUT2D eigenvalue weighted by Gasteiger charge is -2.08. The molecule has 0 saturated heterocycles.